The molecular formula is C14H21N3O3S. The number of pyridine rings is 1. The molecule has 0 bridgehead atoms. The Kier molecular flexibility index (Phi) is 5.30. The van der Waals surface area contributed by atoms with Crippen LogP contribution in [0.2, 0.25) is 0 Å². The van der Waals surface area contributed by atoms with Crippen molar-refractivity contribution in [2.75, 3.05) is 18.8 Å². The molecular weight excluding hydrogens is 290 g/mol. The van der Waals surface area contributed by atoms with Gasteiger partial charge in [0.2, 0.25) is 15.9 Å². The lowest BCUT2D eigenvalue weighted by Crippen LogP contribution is -2.45. The number of sulfonamides is 1. The van der Waals surface area contributed by atoms with Crippen molar-refractivity contribution >= 4 is 15.9 Å². The van der Waals surface area contributed by atoms with E-state index in [2.05, 4.69) is 10.3 Å². The van der Waals surface area contributed by atoms with E-state index in [1.54, 1.807) is 13.1 Å². The van der Waals surface area contributed by atoms with Gasteiger partial charge in [0, 0.05) is 19.3 Å². The number of piperidine rings is 1. The molecule has 2 rings (SSSR count). The van der Waals surface area contributed by atoms with Crippen LogP contribution in [0.25, 0.3) is 0 Å². The SMILES string of the molecule is CCS(=O)(=O)N1CCCC(C(=O)NCc2ccccn2)C1. The molecule has 21 heavy (non-hydrogen) atoms. The fourth-order valence-corrected chi connectivity index (χ4v) is 3.60. The second kappa shape index (κ2) is 7.00. The first-order valence-corrected chi connectivity index (χ1v) is 8.79. The van der Waals surface area contributed by atoms with Gasteiger partial charge in [0.1, 0.15) is 0 Å². The Balaban J connectivity index is 1.90. The maximum Gasteiger partial charge on any atom is 0.224 e. The van der Waals surface area contributed by atoms with Crippen LogP contribution in [0.3, 0.4) is 0 Å². The van der Waals surface area contributed by atoms with E-state index in [9.17, 15) is 13.2 Å². The molecule has 1 N–H and O–H groups in total. The molecule has 116 valence electrons. The highest BCUT2D eigenvalue weighted by Gasteiger charge is 2.31. The van der Waals surface area contributed by atoms with Crippen LogP contribution in [0.4, 0.5) is 0 Å². The van der Waals surface area contributed by atoms with E-state index in [1.165, 1.54) is 4.31 Å². The lowest BCUT2D eigenvalue weighted by Gasteiger charge is -2.30. The Morgan fingerprint density at radius 3 is 2.95 bits per heavy atom. The van der Waals surface area contributed by atoms with Crippen molar-refractivity contribution < 1.29 is 13.2 Å². The van der Waals surface area contributed by atoms with Gasteiger partial charge in [-0.25, -0.2) is 12.7 Å². The van der Waals surface area contributed by atoms with Crippen LogP contribution in [-0.2, 0) is 21.4 Å². The molecule has 1 aromatic heterocycles. The molecule has 6 nitrogen and oxygen atoms in total. The van der Waals surface area contributed by atoms with Crippen molar-refractivity contribution in [3.63, 3.8) is 0 Å². The summed E-state index contributed by atoms with van der Waals surface area (Å²) in [4.78, 5) is 16.3. The summed E-state index contributed by atoms with van der Waals surface area (Å²) in [6.45, 7) is 2.79. The van der Waals surface area contributed by atoms with E-state index in [-0.39, 0.29) is 24.1 Å². The first-order chi connectivity index (χ1) is 10.0. The summed E-state index contributed by atoms with van der Waals surface area (Å²) in [7, 11) is -3.21. The molecule has 0 saturated carbocycles. The molecule has 0 aliphatic carbocycles. The third-order valence-electron chi connectivity index (χ3n) is 3.68. The van der Waals surface area contributed by atoms with Gasteiger partial charge in [-0.15, -0.1) is 0 Å². The van der Waals surface area contributed by atoms with Crippen LogP contribution in [0.5, 0.6) is 0 Å². The normalized spacial score (nSPS) is 20.1. The van der Waals surface area contributed by atoms with Gasteiger partial charge in [-0.1, -0.05) is 6.07 Å². The molecule has 1 atom stereocenters. The van der Waals surface area contributed by atoms with Crippen LogP contribution < -0.4 is 5.32 Å². The Morgan fingerprint density at radius 2 is 2.29 bits per heavy atom. The number of nitrogens with one attached hydrogen (secondary N) is 1. The second-order valence-electron chi connectivity index (χ2n) is 5.14. The quantitative estimate of drug-likeness (QED) is 0.870. The van der Waals surface area contributed by atoms with Crippen molar-refractivity contribution in [3.05, 3.63) is 30.1 Å². The van der Waals surface area contributed by atoms with Gasteiger partial charge in [-0.2, -0.15) is 0 Å². The van der Waals surface area contributed by atoms with Gasteiger partial charge in [-0.3, -0.25) is 9.78 Å². The third kappa shape index (κ3) is 4.25. The second-order valence-corrected chi connectivity index (χ2v) is 7.39. The summed E-state index contributed by atoms with van der Waals surface area (Å²) in [5.74, 6) is -0.296. The lowest BCUT2D eigenvalue weighted by molar-refractivity contribution is -0.126. The first-order valence-electron chi connectivity index (χ1n) is 7.18. The molecule has 2 heterocycles. The Morgan fingerprint density at radius 1 is 1.48 bits per heavy atom. The average molecular weight is 311 g/mol. The average Bonchev–Trinajstić information content (AvgIpc) is 2.53. The van der Waals surface area contributed by atoms with E-state index in [0.717, 1.165) is 18.5 Å². The fourth-order valence-electron chi connectivity index (χ4n) is 2.42. The Hall–Kier alpha value is -1.47. The number of hydrogen-bond donors (Lipinski definition) is 1. The molecule has 7 heteroatoms. The molecule has 1 aliphatic rings. The highest BCUT2D eigenvalue weighted by atomic mass is 32.2. The summed E-state index contributed by atoms with van der Waals surface area (Å²) in [6, 6.07) is 5.53. The standard InChI is InChI=1S/C14H21N3O3S/c1-2-21(19,20)17-9-5-6-12(11-17)14(18)16-10-13-7-3-4-8-15-13/h3-4,7-8,12H,2,5-6,9-11H2,1H3,(H,16,18). The van der Waals surface area contributed by atoms with Crippen LogP contribution in [0, 0.1) is 5.92 Å². The van der Waals surface area contributed by atoms with E-state index in [0.29, 0.717) is 13.1 Å². The molecule has 1 unspecified atom stereocenters. The van der Waals surface area contributed by atoms with E-state index in [1.807, 2.05) is 18.2 Å². The molecule has 0 radical (unpaired) electrons. The minimum atomic E-state index is -3.21. The number of amides is 1. The molecule has 1 amide bonds. The zero-order valence-corrected chi connectivity index (χ0v) is 13.0. The van der Waals surface area contributed by atoms with Crippen molar-refractivity contribution in [2.24, 2.45) is 5.92 Å². The Labute approximate surface area is 125 Å². The zero-order chi connectivity index (χ0) is 15.3. The van der Waals surface area contributed by atoms with E-state index >= 15 is 0 Å². The molecule has 1 saturated heterocycles. The van der Waals surface area contributed by atoms with Crippen molar-refractivity contribution in [1.82, 2.24) is 14.6 Å². The van der Waals surface area contributed by atoms with Crippen LogP contribution >= 0.6 is 0 Å². The van der Waals surface area contributed by atoms with Gasteiger partial charge < -0.3 is 5.32 Å². The van der Waals surface area contributed by atoms with E-state index in [4.69, 9.17) is 0 Å². The van der Waals surface area contributed by atoms with Crippen molar-refractivity contribution in [2.45, 2.75) is 26.3 Å². The predicted molar refractivity (Wildman–Crippen MR) is 79.8 cm³/mol. The fraction of sp³-hybridized carbons (Fsp3) is 0.571. The number of nitrogens with zero attached hydrogens (tertiary/aromatic N) is 2. The number of carbonyl (C=O) groups excluding carboxylic acids is 1. The van der Waals surface area contributed by atoms with Crippen LogP contribution in [0.15, 0.2) is 24.4 Å². The summed E-state index contributed by atoms with van der Waals surface area (Å²) in [5, 5.41) is 2.84. The maximum absolute atomic E-state index is 12.2. The predicted octanol–water partition coefficient (Wildman–Crippen LogP) is 0.759. The number of carbonyl (C=O) groups is 1. The summed E-state index contributed by atoms with van der Waals surface area (Å²) < 4.78 is 25.2. The molecule has 1 aromatic rings. The maximum atomic E-state index is 12.2. The van der Waals surface area contributed by atoms with E-state index < -0.39 is 10.0 Å². The van der Waals surface area contributed by atoms with Crippen molar-refractivity contribution in [3.8, 4) is 0 Å². The topological polar surface area (TPSA) is 79.4 Å². The first kappa shape index (κ1) is 15.9. The molecule has 1 fully saturated rings. The minimum Gasteiger partial charge on any atom is -0.350 e. The monoisotopic (exact) mass is 311 g/mol. The highest BCUT2D eigenvalue weighted by molar-refractivity contribution is 7.89. The highest BCUT2D eigenvalue weighted by Crippen LogP contribution is 2.19. The van der Waals surface area contributed by atoms with Gasteiger partial charge in [0.05, 0.1) is 23.9 Å². The zero-order valence-electron chi connectivity index (χ0n) is 12.2. The number of rotatable bonds is 5. The summed E-state index contributed by atoms with van der Waals surface area (Å²) in [6.07, 6.45) is 3.13. The minimum absolute atomic E-state index is 0.0786. The van der Waals surface area contributed by atoms with Gasteiger partial charge in [-0.05, 0) is 31.9 Å². The number of hydrogen-bond acceptors (Lipinski definition) is 4. The smallest absolute Gasteiger partial charge is 0.224 e. The third-order valence-corrected chi connectivity index (χ3v) is 5.53. The summed E-state index contributed by atoms with van der Waals surface area (Å²) >= 11 is 0. The van der Waals surface area contributed by atoms with Gasteiger partial charge >= 0.3 is 0 Å². The molecule has 0 spiro atoms. The largest absolute Gasteiger partial charge is 0.350 e. The lowest BCUT2D eigenvalue weighted by atomic mass is 9.99. The van der Waals surface area contributed by atoms with Crippen LogP contribution in [0.1, 0.15) is 25.5 Å². The number of aromatic nitrogens is 1. The molecule has 1 aliphatic heterocycles. The van der Waals surface area contributed by atoms with Crippen LogP contribution in [-0.4, -0.2) is 42.5 Å². The van der Waals surface area contributed by atoms with Crippen molar-refractivity contribution in [1.29, 1.82) is 0 Å². The summed E-state index contributed by atoms with van der Waals surface area (Å²) in [5.41, 5.74) is 0.791. The molecule has 0 aromatic carbocycles. The van der Waals surface area contributed by atoms with Gasteiger partial charge in [0.25, 0.3) is 0 Å². The van der Waals surface area contributed by atoms with Gasteiger partial charge in [0.15, 0.2) is 0 Å². The Bertz CT molecular complexity index is 574.